The number of anilines is 2. The molecule has 0 unspecified atom stereocenters. The van der Waals surface area contributed by atoms with Crippen molar-refractivity contribution in [1.82, 2.24) is 10.3 Å². The van der Waals surface area contributed by atoms with Crippen LogP contribution in [0.15, 0.2) is 30.5 Å². The maximum absolute atomic E-state index is 15.0. The summed E-state index contributed by atoms with van der Waals surface area (Å²) < 4.78 is 15.0. The highest BCUT2D eigenvalue weighted by Gasteiger charge is 2.42. The molecule has 1 aliphatic carbocycles. The second-order valence-corrected chi connectivity index (χ2v) is 10.9. The summed E-state index contributed by atoms with van der Waals surface area (Å²) in [5.74, 6) is -0.794. The molecule has 2 aromatic rings. The minimum atomic E-state index is -0.767. The minimum absolute atomic E-state index is 0.0367. The van der Waals surface area contributed by atoms with Gasteiger partial charge in [-0.3, -0.25) is 14.4 Å². The van der Waals surface area contributed by atoms with E-state index in [4.69, 9.17) is 5.73 Å². The van der Waals surface area contributed by atoms with E-state index >= 15 is 0 Å². The van der Waals surface area contributed by atoms with Crippen LogP contribution in [0.1, 0.15) is 96.3 Å². The molecule has 4 N–H and O–H groups in total. The summed E-state index contributed by atoms with van der Waals surface area (Å²) in [7, 11) is 0. The molecule has 8 nitrogen and oxygen atoms in total. The van der Waals surface area contributed by atoms with Crippen molar-refractivity contribution in [3.05, 3.63) is 53.0 Å². The van der Waals surface area contributed by atoms with Gasteiger partial charge in [0.2, 0.25) is 0 Å². The number of ketones is 1. The molecule has 9 heteroatoms. The molecule has 1 aromatic heterocycles. The number of primary amides is 1. The molecule has 0 spiro atoms. The van der Waals surface area contributed by atoms with Crippen molar-refractivity contribution in [3.8, 4) is 0 Å². The van der Waals surface area contributed by atoms with Crippen LogP contribution in [-0.4, -0.2) is 46.7 Å². The molecule has 2 aliphatic heterocycles. The number of halogens is 1. The van der Waals surface area contributed by atoms with Crippen LogP contribution in [0.2, 0.25) is 0 Å². The zero-order valence-electron chi connectivity index (χ0n) is 22.0. The molecule has 2 saturated heterocycles. The van der Waals surface area contributed by atoms with Crippen LogP contribution in [0, 0.1) is 11.7 Å². The molecule has 2 amide bonds. The Morgan fingerprint density at radius 3 is 2.29 bits per heavy atom. The number of benzene rings is 1. The van der Waals surface area contributed by atoms with Crippen LogP contribution < -0.4 is 21.3 Å². The highest BCUT2D eigenvalue weighted by molar-refractivity contribution is 6.02. The van der Waals surface area contributed by atoms with E-state index in [0.717, 1.165) is 63.3 Å². The molecule has 38 heavy (non-hydrogen) atoms. The molecule has 2 bridgehead atoms. The number of hydrogen-bond donors (Lipinski definition) is 3. The molecule has 3 aliphatic rings. The van der Waals surface area contributed by atoms with Crippen LogP contribution in [0.3, 0.4) is 0 Å². The standard InChI is InChI=1S/C29H36FN5O3/c1-3-18(4-2)33-25-14-22(24(30)13-23(25)28(31)37)29(38)34-19-11-20-8-9-21(12-19)35(20)26-10-7-17(15-32-26)27(36)16-5-6-16/h7,10,13-16,18-21,33H,3-6,8-9,11-12H2,1-2H3,(H2,31,37)(H,34,38)/t19-,20+,21-. The van der Waals surface area contributed by atoms with Crippen molar-refractivity contribution < 1.29 is 18.8 Å². The van der Waals surface area contributed by atoms with Gasteiger partial charge in [0.15, 0.2) is 5.78 Å². The fourth-order valence-corrected chi connectivity index (χ4v) is 5.98. The smallest absolute Gasteiger partial charge is 0.254 e. The molecule has 1 aromatic carbocycles. The van der Waals surface area contributed by atoms with Crippen molar-refractivity contribution in [3.63, 3.8) is 0 Å². The third-order valence-corrected chi connectivity index (χ3v) is 8.28. The van der Waals surface area contributed by atoms with Crippen molar-refractivity contribution in [2.75, 3.05) is 10.2 Å². The minimum Gasteiger partial charge on any atom is -0.382 e. The predicted molar refractivity (Wildman–Crippen MR) is 144 cm³/mol. The monoisotopic (exact) mass is 521 g/mol. The molecule has 3 heterocycles. The van der Waals surface area contributed by atoms with Gasteiger partial charge in [-0.15, -0.1) is 0 Å². The van der Waals surface area contributed by atoms with E-state index in [9.17, 15) is 18.8 Å². The van der Waals surface area contributed by atoms with Gasteiger partial charge in [-0.1, -0.05) is 13.8 Å². The highest BCUT2D eigenvalue weighted by Crippen LogP contribution is 2.39. The highest BCUT2D eigenvalue weighted by atomic mass is 19.1. The average molecular weight is 522 g/mol. The first kappa shape index (κ1) is 26.1. The third kappa shape index (κ3) is 5.24. The second kappa shape index (κ2) is 10.7. The summed E-state index contributed by atoms with van der Waals surface area (Å²) in [5, 5.41) is 6.28. The second-order valence-electron chi connectivity index (χ2n) is 10.9. The Bertz CT molecular complexity index is 1210. The van der Waals surface area contributed by atoms with Crippen LogP contribution >= 0.6 is 0 Å². The van der Waals surface area contributed by atoms with Gasteiger partial charge in [0.25, 0.3) is 11.8 Å². The Hall–Kier alpha value is -3.49. The lowest BCUT2D eigenvalue weighted by molar-refractivity contribution is 0.0920. The quantitative estimate of drug-likeness (QED) is 0.398. The lowest BCUT2D eigenvalue weighted by Gasteiger charge is -2.40. The lowest BCUT2D eigenvalue weighted by Crippen LogP contribution is -2.51. The van der Waals surface area contributed by atoms with E-state index in [1.807, 2.05) is 26.0 Å². The summed E-state index contributed by atoms with van der Waals surface area (Å²) in [4.78, 5) is 44.4. The SMILES string of the molecule is CCC(CC)Nc1cc(C(=O)N[C@H]2C[C@H]3CC[C@@H](C2)N3c2ccc(C(=O)C3CC3)cn2)c(F)cc1C(N)=O. The van der Waals surface area contributed by atoms with Crippen molar-refractivity contribution in [2.24, 2.45) is 11.7 Å². The number of piperidine rings is 1. The number of carbonyl (C=O) groups excluding carboxylic acids is 3. The number of carbonyl (C=O) groups is 3. The largest absolute Gasteiger partial charge is 0.382 e. The Morgan fingerprint density at radius 2 is 1.74 bits per heavy atom. The molecule has 0 radical (unpaired) electrons. The molecule has 3 atom stereocenters. The van der Waals surface area contributed by atoms with Gasteiger partial charge in [0, 0.05) is 47.5 Å². The van der Waals surface area contributed by atoms with Crippen molar-refractivity contribution >= 4 is 29.1 Å². The fraction of sp³-hybridized carbons (Fsp3) is 0.517. The van der Waals surface area contributed by atoms with Crippen LogP contribution in [0.25, 0.3) is 0 Å². The molecule has 3 fully saturated rings. The number of pyridine rings is 1. The van der Waals surface area contributed by atoms with Gasteiger partial charge in [-0.2, -0.15) is 0 Å². The Balaban J connectivity index is 1.27. The predicted octanol–water partition coefficient (Wildman–Crippen LogP) is 4.44. The van der Waals surface area contributed by atoms with Gasteiger partial charge in [-0.25, -0.2) is 9.37 Å². The number of aromatic nitrogens is 1. The van der Waals surface area contributed by atoms with Crippen molar-refractivity contribution in [2.45, 2.75) is 89.4 Å². The number of nitrogens with one attached hydrogen (secondary N) is 2. The number of nitrogens with two attached hydrogens (primary N) is 1. The molecular weight excluding hydrogens is 485 g/mol. The first-order valence-electron chi connectivity index (χ1n) is 13.8. The van der Waals surface area contributed by atoms with Crippen LogP contribution in [0.5, 0.6) is 0 Å². The Kier molecular flexibility index (Phi) is 7.36. The summed E-state index contributed by atoms with van der Waals surface area (Å²) in [6.45, 7) is 4.03. The first-order chi connectivity index (χ1) is 18.3. The number of fused-ring (bicyclic) bond motifs is 2. The summed E-state index contributed by atoms with van der Waals surface area (Å²) in [6, 6.07) is 6.67. The summed E-state index contributed by atoms with van der Waals surface area (Å²) in [5.41, 5.74) is 6.47. The van der Waals surface area contributed by atoms with E-state index in [2.05, 4.69) is 20.5 Å². The number of amides is 2. The number of nitrogens with zero attached hydrogens (tertiary/aromatic N) is 2. The maximum atomic E-state index is 15.0. The Labute approximate surface area is 222 Å². The fourth-order valence-electron chi connectivity index (χ4n) is 5.98. The Morgan fingerprint density at radius 1 is 1.05 bits per heavy atom. The van der Waals surface area contributed by atoms with Gasteiger partial charge in [0.05, 0.1) is 11.1 Å². The zero-order valence-corrected chi connectivity index (χ0v) is 22.0. The number of hydrogen-bond acceptors (Lipinski definition) is 6. The van der Waals surface area contributed by atoms with E-state index < -0.39 is 17.6 Å². The first-order valence-corrected chi connectivity index (χ1v) is 13.8. The summed E-state index contributed by atoms with van der Waals surface area (Å²) in [6.07, 6.45) is 8.69. The molecule has 202 valence electrons. The molecule has 5 rings (SSSR count). The average Bonchev–Trinajstić information content (AvgIpc) is 3.72. The zero-order chi connectivity index (χ0) is 27.0. The third-order valence-electron chi connectivity index (χ3n) is 8.28. The van der Waals surface area contributed by atoms with Gasteiger partial charge < -0.3 is 21.3 Å². The topological polar surface area (TPSA) is 117 Å². The molecule has 1 saturated carbocycles. The van der Waals surface area contributed by atoms with E-state index in [1.165, 1.54) is 6.07 Å². The van der Waals surface area contributed by atoms with Crippen molar-refractivity contribution in [1.29, 1.82) is 0 Å². The van der Waals surface area contributed by atoms with Crippen LogP contribution in [0.4, 0.5) is 15.9 Å². The molecular formula is C29H36FN5O3. The van der Waals surface area contributed by atoms with Gasteiger partial charge in [-0.05, 0) is 75.6 Å². The van der Waals surface area contributed by atoms with E-state index in [0.29, 0.717) is 11.3 Å². The normalized spacial score (nSPS) is 22.4. The van der Waals surface area contributed by atoms with E-state index in [-0.39, 0.29) is 47.0 Å². The number of rotatable bonds is 10. The van der Waals surface area contributed by atoms with E-state index in [1.54, 1.807) is 6.20 Å². The summed E-state index contributed by atoms with van der Waals surface area (Å²) >= 11 is 0. The van der Waals surface area contributed by atoms with Gasteiger partial charge in [0.1, 0.15) is 11.6 Å². The van der Waals surface area contributed by atoms with Gasteiger partial charge >= 0.3 is 0 Å². The lowest BCUT2D eigenvalue weighted by atomic mass is 9.96. The number of Topliss-reactive ketones (excluding diaryl/α,β-unsaturated/α-hetero) is 1. The van der Waals surface area contributed by atoms with Crippen LogP contribution in [-0.2, 0) is 0 Å². The maximum Gasteiger partial charge on any atom is 0.254 e.